The van der Waals surface area contributed by atoms with Crippen LogP contribution in [0.25, 0.3) is 11.0 Å². The summed E-state index contributed by atoms with van der Waals surface area (Å²) in [6.07, 6.45) is 3.22. The van der Waals surface area contributed by atoms with Crippen LogP contribution in [0.1, 0.15) is 10.4 Å². The Morgan fingerprint density at radius 3 is 2.57 bits per heavy atom. The maximum Gasteiger partial charge on any atom is 0.255 e. The minimum Gasteiger partial charge on any atom is -0.399 e. The number of nitrogens with two attached hydrogens (primary N) is 1. The van der Waals surface area contributed by atoms with Crippen LogP contribution < -0.4 is 11.1 Å². The van der Waals surface area contributed by atoms with Gasteiger partial charge in [-0.3, -0.25) is 14.8 Å². The lowest BCUT2D eigenvalue weighted by molar-refractivity contribution is 0.102. The van der Waals surface area contributed by atoms with Crippen LogP contribution >= 0.6 is 15.9 Å². The van der Waals surface area contributed by atoms with Gasteiger partial charge in [0.2, 0.25) is 0 Å². The zero-order valence-corrected chi connectivity index (χ0v) is 12.5. The molecule has 0 saturated carbocycles. The first kappa shape index (κ1) is 13.5. The lowest BCUT2D eigenvalue weighted by atomic mass is 10.1. The Kier molecular flexibility index (Phi) is 3.53. The number of anilines is 2. The van der Waals surface area contributed by atoms with Gasteiger partial charge in [-0.15, -0.1) is 0 Å². The second-order valence-electron chi connectivity index (χ2n) is 4.45. The Bertz CT molecular complexity index is 835. The molecule has 0 aliphatic carbocycles. The summed E-state index contributed by atoms with van der Waals surface area (Å²) in [4.78, 5) is 20.6. The molecule has 1 aromatic heterocycles. The molecule has 0 aliphatic rings. The molecule has 0 radical (unpaired) electrons. The summed E-state index contributed by atoms with van der Waals surface area (Å²) >= 11 is 3.37. The Morgan fingerprint density at radius 2 is 1.81 bits per heavy atom. The van der Waals surface area contributed by atoms with Crippen molar-refractivity contribution >= 4 is 44.2 Å². The number of fused-ring (bicyclic) bond motifs is 1. The van der Waals surface area contributed by atoms with Gasteiger partial charge in [-0.2, -0.15) is 0 Å². The highest BCUT2D eigenvalue weighted by atomic mass is 79.9. The maximum atomic E-state index is 12.3. The van der Waals surface area contributed by atoms with E-state index in [1.165, 1.54) is 0 Å². The van der Waals surface area contributed by atoms with Gasteiger partial charge in [-0.1, -0.05) is 0 Å². The second-order valence-corrected chi connectivity index (χ2v) is 5.31. The number of carbonyl (C=O) groups excluding carboxylic acids is 1. The highest BCUT2D eigenvalue weighted by molar-refractivity contribution is 9.10. The van der Waals surface area contributed by atoms with Crippen LogP contribution in [0, 0.1) is 0 Å². The lowest BCUT2D eigenvalue weighted by Crippen LogP contribution is -2.12. The Morgan fingerprint density at radius 1 is 1.05 bits per heavy atom. The van der Waals surface area contributed by atoms with Crippen LogP contribution in [0.15, 0.2) is 53.3 Å². The molecule has 0 aliphatic heterocycles. The van der Waals surface area contributed by atoms with E-state index in [0.717, 1.165) is 9.99 Å². The quantitative estimate of drug-likeness (QED) is 0.700. The van der Waals surface area contributed by atoms with Crippen molar-refractivity contribution in [2.75, 3.05) is 11.1 Å². The van der Waals surface area contributed by atoms with E-state index in [0.29, 0.717) is 22.5 Å². The molecule has 21 heavy (non-hydrogen) atoms. The predicted octanol–water partition coefficient (Wildman–Crippen LogP) is 3.23. The zero-order valence-electron chi connectivity index (χ0n) is 10.9. The highest BCUT2D eigenvalue weighted by Gasteiger charge is 2.09. The molecule has 0 fully saturated rings. The van der Waals surface area contributed by atoms with Crippen molar-refractivity contribution in [3.63, 3.8) is 0 Å². The summed E-state index contributed by atoms with van der Waals surface area (Å²) in [6.45, 7) is 0. The van der Waals surface area contributed by atoms with Gasteiger partial charge in [0.15, 0.2) is 0 Å². The molecule has 0 atom stereocenters. The first-order chi connectivity index (χ1) is 10.1. The number of carbonyl (C=O) groups is 1. The van der Waals surface area contributed by atoms with Crippen LogP contribution in [0.4, 0.5) is 11.4 Å². The van der Waals surface area contributed by atoms with Gasteiger partial charge < -0.3 is 11.1 Å². The number of aromatic nitrogens is 2. The summed E-state index contributed by atoms with van der Waals surface area (Å²) in [6, 6.07) is 10.4. The van der Waals surface area contributed by atoms with Crippen LogP contribution in [0.5, 0.6) is 0 Å². The van der Waals surface area contributed by atoms with E-state index in [1.54, 1.807) is 48.8 Å². The summed E-state index contributed by atoms with van der Waals surface area (Å²) in [5, 5.41) is 2.83. The van der Waals surface area contributed by atoms with Gasteiger partial charge in [0.25, 0.3) is 5.91 Å². The van der Waals surface area contributed by atoms with E-state index in [-0.39, 0.29) is 5.91 Å². The molecule has 3 N–H and O–H groups in total. The number of nitrogens with one attached hydrogen (secondary N) is 1. The average Bonchev–Trinajstić information content (AvgIpc) is 2.49. The number of hydrogen-bond acceptors (Lipinski definition) is 4. The third-order valence-electron chi connectivity index (χ3n) is 2.97. The maximum absolute atomic E-state index is 12.3. The van der Waals surface area contributed by atoms with Gasteiger partial charge in [0, 0.05) is 28.1 Å². The third-order valence-corrected chi connectivity index (χ3v) is 3.63. The van der Waals surface area contributed by atoms with Crippen LogP contribution in [-0.2, 0) is 0 Å². The predicted molar refractivity (Wildman–Crippen MR) is 86.0 cm³/mol. The number of amides is 1. The van der Waals surface area contributed by atoms with Gasteiger partial charge in [0.05, 0.1) is 16.7 Å². The molecule has 104 valence electrons. The van der Waals surface area contributed by atoms with Crippen LogP contribution in [0.3, 0.4) is 0 Å². The SMILES string of the molecule is Nc1ccc(NC(=O)c2ccc3nccnc3c2)c(Br)c1. The molecule has 0 unspecified atom stereocenters. The molecule has 3 aromatic rings. The van der Waals surface area contributed by atoms with Gasteiger partial charge >= 0.3 is 0 Å². The Labute approximate surface area is 129 Å². The molecule has 0 bridgehead atoms. The van der Waals surface area contributed by atoms with Crippen LogP contribution in [-0.4, -0.2) is 15.9 Å². The molecule has 6 heteroatoms. The standard InChI is InChI=1S/C15H11BrN4O/c16-11-8-10(17)2-4-12(11)20-15(21)9-1-3-13-14(7-9)19-6-5-18-13/h1-8H,17H2,(H,20,21). The van der Waals surface area contributed by atoms with Crippen LogP contribution in [0.2, 0.25) is 0 Å². The number of rotatable bonds is 2. The van der Waals surface area contributed by atoms with E-state index in [2.05, 4.69) is 31.2 Å². The zero-order chi connectivity index (χ0) is 14.8. The fourth-order valence-corrected chi connectivity index (χ4v) is 2.43. The second kappa shape index (κ2) is 5.49. The van der Waals surface area contributed by atoms with E-state index in [1.807, 2.05) is 0 Å². The first-order valence-electron chi connectivity index (χ1n) is 6.20. The normalized spacial score (nSPS) is 10.5. The number of hydrogen-bond donors (Lipinski definition) is 2. The molecule has 0 saturated heterocycles. The molecule has 2 aromatic carbocycles. The Balaban J connectivity index is 1.89. The average molecular weight is 343 g/mol. The number of nitrogen functional groups attached to an aromatic ring is 1. The Hall–Kier alpha value is -2.47. The molecular weight excluding hydrogens is 332 g/mol. The monoisotopic (exact) mass is 342 g/mol. The summed E-state index contributed by atoms with van der Waals surface area (Å²) < 4.78 is 0.733. The van der Waals surface area contributed by atoms with Crippen molar-refractivity contribution in [2.24, 2.45) is 0 Å². The molecular formula is C15H11BrN4O. The van der Waals surface area contributed by atoms with E-state index in [9.17, 15) is 4.79 Å². The number of benzene rings is 2. The molecule has 1 amide bonds. The number of halogens is 1. The molecule has 5 nitrogen and oxygen atoms in total. The fourth-order valence-electron chi connectivity index (χ4n) is 1.93. The number of nitrogens with zero attached hydrogens (tertiary/aromatic N) is 2. The highest BCUT2D eigenvalue weighted by Crippen LogP contribution is 2.25. The summed E-state index contributed by atoms with van der Waals surface area (Å²) in [5.41, 5.74) is 8.91. The van der Waals surface area contributed by atoms with Crippen molar-refractivity contribution in [3.8, 4) is 0 Å². The first-order valence-corrected chi connectivity index (χ1v) is 7.00. The van der Waals surface area contributed by atoms with E-state index < -0.39 is 0 Å². The lowest BCUT2D eigenvalue weighted by Gasteiger charge is -2.08. The molecule has 1 heterocycles. The van der Waals surface area contributed by atoms with Crippen molar-refractivity contribution in [1.82, 2.24) is 9.97 Å². The van der Waals surface area contributed by atoms with Gasteiger partial charge in [0.1, 0.15) is 0 Å². The van der Waals surface area contributed by atoms with Crippen molar-refractivity contribution in [2.45, 2.75) is 0 Å². The van der Waals surface area contributed by atoms with Crippen molar-refractivity contribution in [3.05, 3.63) is 58.8 Å². The summed E-state index contributed by atoms with van der Waals surface area (Å²) in [5.74, 6) is -0.215. The van der Waals surface area contributed by atoms with Crippen molar-refractivity contribution < 1.29 is 4.79 Å². The van der Waals surface area contributed by atoms with Gasteiger partial charge in [-0.05, 0) is 52.3 Å². The van der Waals surface area contributed by atoms with E-state index in [4.69, 9.17) is 5.73 Å². The largest absolute Gasteiger partial charge is 0.399 e. The minimum atomic E-state index is -0.215. The fraction of sp³-hybridized carbons (Fsp3) is 0. The molecule has 0 spiro atoms. The topological polar surface area (TPSA) is 80.9 Å². The smallest absolute Gasteiger partial charge is 0.255 e. The molecule has 3 rings (SSSR count). The minimum absolute atomic E-state index is 0.215. The third kappa shape index (κ3) is 2.85. The summed E-state index contributed by atoms with van der Waals surface area (Å²) in [7, 11) is 0. The van der Waals surface area contributed by atoms with E-state index >= 15 is 0 Å². The van der Waals surface area contributed by atoms with Crippen molar-refractivity contribution in [1.29, 1.82) is 0 Å². The van der Waals surface area contributed by atoms with Gasteiger partial charge in [-0.25, -0.2) is 0 Å².